The van der Waals surface area contributed by atoms with Crippen LogP contribution in [0.25, 0.3) is 0 Å². The van der Waals surface area contributed by atoms with E-state index in [2.05, 4.69) is 13.8 Å². The van der Waals surface area contributed by atoms with Crippen LogP contribution in [0.3, 0.4) is 0 Å². The van der Waals surface area contributed by atoms with E-state index in [1.807, 2.05) is 6.07 Å². The minimum atomic E-state index is -0.416. The van der Waals surface area contributed by atoms with E-state index in [-0.39, 0.29) is 5.56 Å². The van der Waals surface area contributed by atoms with Crippen molar-refractivity contribution in [1.29, 1.82) is 5.26 Å². The Bertz CT molecular complexity index is 336. The summed E-state index contributed by atoms with van der Waals surface area (Å²) >= 11 is 0. The molecule has 0 N–H and O–H groups in total. The zero-order valence-electron chi connectivity index (χ0n) is 7.84. The number of benzene rings is 1. The largest absolute Gasteiger partial charge is 0.206 e. The lowest BCUT2D eigenvalue weighted by molar-refractivity contribution is 0.610. The molecular formula is C11H12FN. The summed E-state index contributed by atoms with van der Waals surface area (Å²) < 4.78 is 13.1. The maximum Gasteiger partial charge on any atom is 0.141 e. The number of halogens is 1. The van der Waals surface area contributed by atoms with Crippen molar-refractivity contribution in [2.24, 2.45) is 5.92 Å². The predicted octanol–water partition coefficient (Wildman–Crippen LogP) is 2.90. The zero-order valence-corrected chi connectivity index (χ0v) is 7.84. The normalized spacial score (nSPS) is 10.1. The minimum absolute atomic E-state index is 0.118. The molecule has 0 atom stereocenters. The Labute approximate surface area is 77.8 Å². The Hall–Kier alpha value is -1.36. The van der Waals surface area contributed by atoms with Crippen LogP contribution in [0.5, 0.6) is 0 Å². The van der Waals surface area contributed by atoms with E-state index in [1.165, 1.54) is 12.1 Å². The Morgan fingerprint density at radius 2 is 2.15 bits per heavy atom. The van der Waals surface area contributed by atoms with Gasteiger partial charge in [-0.15, -0.1) is 0 Å². The number of hydrogen-bond donors (Lipinski definition) is 0. The van der Waals surface area contributed by atoms with Crippen molar-refractivity contribution >= 4 is 0 Å². The van der Waals surface area contributed by atoms with E-state index in [4.69, 9.17) is 5.26 Å². The van der Waals surface area contributed by atoms with E-state index in [9.17, 15) is 4.39 Å². The van der Waals surface area contributed by atoms with Crippen LogP contribution in [0.2, 0.25) is 0 Å². The van der Waals surface area contributed by atoms with Gasteiger partial charge in [-0.2, -0.15) is 5.26 Å². The summed E-state index contributed by atoms with van der Waals surface area (Å²) in [6.07, 6.45) is 0.850. The molecule has 0 aliphatic rings. The lowest BCUT2D eigenvalue weighted by Crippen LogP contribution is -1.95. The Balaban J connectivity index is 2.91. The first-order valence-electron chi connectivity index (χ1n) is 4.32. The summed E-state index contributed by atoms with van der Waals surface area (Å²) in [6.45, 7) is 4.16. The zero-order chi connectivity index (χ0) is 9.84. The van der Waals surface area contributed by atoms with Gasteiger partial charge >= 0.3 is 0 Å². The first-order chi connectivity index (χ1) is 6.13. The van der Waals surface area contributed by atoms with Crippen LogP contribution in [0.4, 0.5) is 4.39 Å². The number of hydrogen-bond acceptors (Lipinski definition) is 1. The average molecular weight is 177 g/mol. The van der Waals surface area contributed by atoms with Crippen molar-refractivity contribution in [2.75, 3.05) is 0 Å². The third kappa shape index (κ3) is 2.55. The quantitative estimate of drug-likeness (QED) is 0.681. The van der Waals surface area contributed by atoms with Crippen LogP contribution >= 0.6 is 0 Å². The van der Waals surface area contributed by atoms with Crippen molar-refractivity contribution in [3.63, 3.8) is 0 Å². The number of nitriles is 1. The van der Waals surface area contributed by atoms with Crippen molar-refractivity contribution in [1.82, 2.24) is 0 Å². The van der Waals surface area contributed by atoms with Crippen LogP contribution in [-0.2, 0) is 6.42 Å². The molecule has 0 aromatic heterocycles. The third-order valence-corrected chi connectivity index (χ3v) is 1.80. The Morgan fingerprint density at radius 1 is 1.46 bits per heavy atom. The molecule has 0 spiro atoms. The summed E-state index contributed by atoms with van der Waals surface area (Å²) in [7, 11) is 0. The van der Waals surface area contributed by atoms with Gasteiger partial charge in [0.15, 0.2) is 0 Å². The summed E-state index contributed by atoms with van der Waals surface area (Å²) in [4.78, 5) is 0. The second-order valence-corrected chi connectivity index (χ2v) is 3.52. The summed E-state index contributed by atoms with van der Waals surface area (Å²) in [5.74, 6) is 0.0907. The van der Waals surface area contributed by atoms with Gasteiger partial charge in [0.25, 0.3) is 0 Å². The van der Waals surface area contributed by atoms with Gasteiger partial charge in [0.05, 0.1) is 5.56 Å². The third-order valence-electron chi connectivity index (χ3n) is 1.80. The molecule has 1 rings (SSSR count). The standard InChI is InChI=1S/C11H12FN/c1-8(2)5-9-3-4-10(7-13)11(12)6-9/h3-4,6,8H,5H2,1-2H3. The lowest BCUT2D eigenvalue weighted by atomic mass is 10.0. The first-order valence-corrected chi connectivity index (χ1v) is 4.32. The molecule has 1 aromatic carbocycles. The monoisotopic (exact) mass is 177 g/mol. The molecular weight excluding hydrogens is 165 g/mol. The highest BCUT2D eigenvalue weighted by atomic mass is 19.1. The van der Waals surface area contributed by atoms with Crippen LogP contribution in [-0.4, -0.2) is 0 Å². The van der Waals surface area contributed by atoms with Crippen LogP contribution in [0.1, 0.15) is 25.0 Å². The summed E-state index contributed by atoms with van der Waals surface area (Å²) in [5, 5.41) is 8.50. The molecule has 0 radical (unpaired) electrons. The smallest absolute Gasteiger partial charge is 0.141 e. The molecule has 0 fully saturated rings. The van der Waals surface area contributed by atoms with Crippen LogP contribution in [0, 0.1) is 23.1 Å². The van der Waals surface area contributed by atoms with Gasteiger partial charge in [0, 0.05) is 0 Å². The molecule has 0 unspecified atom stereocenters. The Kier molecular flexibility index (Phi) is 3.02. The van der Waals surface area contributed by atoms with E-state index < -0.39 is 5.82 Å². The first kappa shape index (κ1) is 9.73. The summed E-state index contributed by atoms with van der Waals surface area (Å²) in [6, 6.07) is 6.59. The number of nitrogens with zero attached hydrogens (tertiary/aromatic N) is 1. The highest BCUT2D eigenvalue weighted by Crippen LogP contribution is 2.12. The fourth-order valence-corrected chi connectivity index (χ4v) is 1.25. The van der Waals surface area contributed by atoms with E-state index in [0.717, 1.165) is 12.0 Å². The maximum atomic E-state index is 13.1. The predicted molar refractivity (Wildman–Crippen MR) is 49.7 cm³/mol. The molecule has 1 aromatic rings. The highest BCUT2D eigenvalue weighted by molar-refractivity contribution is 5.33. The molecule has 13 heavy (non-hydrogen) atoms. The van der Waals surface area contributed by atoms with Crippen molar-refractivity contribution in [3.8, 4) is 6.07 Å². The minimum Gasteiger partial charge on any atom is -0.206 e. The van der Waals surface area contributed by atoms with Gasteiger partial charge in [-0.05, 0) is 30.0 Å². The molecule has 0 heterocycles. The second kappa shape index (κ2) is 4.04. The van der Waals surface area contributed by atoms with E-state index in [0.29, 0.717) is 5.92 Å². The van der Waals surface area contributed by atoms with Crippen LogP contribution in [0.15, 0.2) is 18.2 Å². The van der Waals surface area contributed by atoms with Crippen molar-refractivity contribution in [3.05, 3.63) is 35.1 Å². The van der Waals surface area contributed by atoms with Gasteiger partial charge in [0.2, 0.25) is 0 Å². The molecule has 68 valence electrons. The van der Waals surface area contributed by atoms with E-state index >= 15 is 0 Å². The van der Waals surface area contributed by atoms with Gasteiger partial charge in [-0.3, -0.25) is 0 Å². The van der Waals surface area contributed by atoms with E-state index in [1.54, 1.807) is 6.07 Å². The van der Waals surface area contributed by atoms with Crippen molar-refractivity contribution < 1.29 is 4.39 Å². The molecule has 0 aliphatic carbocycles. The van der Waals surface area contributed by atoms with Gasteiger partial charge < -0.3 is 0 Å². The van der Waals surface area contributed by atoms with Gasteiger partial charge in [-0.1, -0.05) is 19.9 Å². The molecule has 0 saturated carbocycles. The summed E-state index contributed by atoms with van der Waals surface area (Å²) in [5.41, 5.74) is 1.07. The van der Waals surface area contributed by atoms with Gasteiger partial charge in [-0.25, -0.2) is 4.39 Å². The van der Waals surface area contributed by atoms with Gasteiger partial charge in [0.1, 0.15) is 11.9 Å². The molecule has 2 heteroatoms. The fraction of sp³-hybridized carbons (Fsp3) is 0.364. The van der Waals surface area contributed by atoms with Crippen molar-refractivity contribution in [2.45, 2.75) is 20.3 Å². The number of rotatable bonds is 2. The topological polar surface area (TPSA) is 23.8 Å². The Morgan fingerprint density at radius 3 is 2.62 bits per heavy atom. The molecule has 0 bridgehead atoms. The maximum absolute atomic E-state index is 13.1. The van der Waals surface area contributed by atoms with Crippen LogP contribution < -0.4 is 0 Å². The second-order valence-electron chi connectivity index (χ2n) is 3.52. The molecule has 0 saturated heterocycles. The SMILES string of the molecule is CC(C)Cc1ccc(C#N)c(F)c1. The lowest BCUT2D eigenvalue weighted by Gasteiger charge is -2.04. The molecule has 0 amide bonds. The molecule has 0 aliphatic heterocycles. The highest BCUT2D eigenvalue weighted by Gasteiger charge is 2.03. The fourth-order valence-electron chi connectivity index (χ4n) is 1.25. The average Bonchev–Trinajstić information content (AvgIpc) is 2.03. The molecule has 1 nitrogen and oxygen atoms in total.